The highest BCUT2D eigenvalue weighted by molar-refractivity contribution is 5.74. The minimum Gasteiger partial charge on any atom is -0.406 e. The summed E-state index contributed by atoms with van der Waals surface area (Å²) in [6, 6.07) is 8.73. The summed E-state index contributed by atoms with van der Waals surface area (Å²) >= 11 is 0. The Labute approximate surface area is 113 Å². The minimum absolute atomic E-state index is 0.281. The number of aldehydes is 1. The van der Waals surface area contributed by atoms with E-state index in [1.165, 1.54) is 24.3 Å². The van der Waals surface area contributed by atoms with Crippen LogP contribution in [0.5, 0.6) is 5.75 Å². The van der Waals surface area contributed by atoms with Crippen molar-refractivity contribution in [2.75, 3.05) is 0 Å². The first-order valence-corrected chi connectivity index (χ1v) is 5.68. The van der Waals surface area contributed by atoms with Crippen LogP contribution in [0.4, 0.5) is 13.2 Å². The lowest BCUT2D eigenvalue weighted by atomic mass is 10.0. The minimum atomic E-state index is -4.70. The number of hydrogen-bond donors (Lipinski definition) is 0. The monoisotopic (exact) mass is 281 g/mol. The molecule has 0 spiro atoms. The predicted molar refractivity (Wildman–Crippen MR) is 66.5 cm³/mol. The van der Waals surface area contributed by atoms with Gasteiger partial charge in [0.25, 0.3) is 0 Å². The van der Waals surface area contributed by atoms with Crippen LogP contribution in [-0.4, -0.2) is 17.6 Å². The number of carbonyl (C=O) groups excluding carboxylic acids is 1. The number of ether oxygens (including phenoxy) is 1. The van der Waals surface area contributed by atoms with Crippen LogP contribution < -0.4 is 4.74 Å². The van der Waals surface area contributed by atoms with Crippen molar-refractivity contribution in [3.05, 3.63) is 47.8 Å². The van der Waals surface area contributed by atoms with Gasteiger partial charge >= 0.3 is 6.36 Å². The van der Waals surface area contributed by atoms with Crippen molar-refractivity contribution in [2.24, 2.45) is 0 Å². The summed E-state index contributed by atoms with van der Waals surface area (Å²) in [6.45, 7) is 1.72. The van der Waals surface area contributed by atoms with Gasteiger partial charge in [0.1, 0.15) is 11.4 Å². The molecule has 0 atom stereocenters. The quantitative estimate of drug-likeness (QED) is 0.804. The molecule has 0 aliphatic rings. The number of alkyl halides is 3. The van der Waals surface area contributed by atoms with Gasteiger partial charge in [-0.2, -0.15) is 0 Å². The zero-order chi connectivity index (χ0) is 14.8. The van der Waals surface area contributed by atoms with Gasteiger partial charge in [-0.15, -0.1) is 13.2 Å². The van der Waals surface area contributed by atoms with E-state index in [1.54, 1.807) is 19.1 Å². The molecule has 0 N–H and O–H groups in total. The van der Waals surface area contributed by atoms with Gasteiger partial charge in [-0.1, -0.05) is 18.2 Å². The fourth-order valence-electron chi connectivity index (χ4n) is 1.79. The first-order valence-electron chi connectivity index (χ1n) is 5.68. The molecular weight excluding hydrogens is 271 g/mol. The van der Waals surface area contributed by atoms with Crippen molar-refractivity contribution >= 4 is 6.29 Å². The van der Waals surface area contributed by atoms with Crippen molar-refractivity contribution in [3.8, 4) is 16.9 Å². The molecule has 2 rings (SSSR count). The van der Waals surface area contributed by atoms with E-state index < -0.39 is 6.36 Å². The van der Waals surface area contributed by atoms with Crippen molar-refractivity contribution in [1.82, 2.24) is 4.98 Å². The molecule has 20 heavy (non-hydrogen) atoms. The molecule has 0 fully saturated rings. The molecule has 3 nitrogen and oxygen atoms in total. The smallest absolute Gasteiger partial charge is 0.406 e. The molecule has 0 aliphatic heterocycles. The summed E-state index contributed by atoms with van der Waals surface area (Å²) < 4.78 is 39.9. The molecule has 0 amide bonds. The number of aromatic nitrogens is 1. The topological polar surface area (TPSA) is 39.2 Å². The van der Waals surface area contributed by atoms with Gasteiger partial charge in [-0.25, -0.2) is 4.98 Å². The van der Waals surface area contributed by atoms with E-state index in [0.717, 1.165) is 5.56 Å². The molecular formula is C14H10F3NO2. The third-order valence-electron chi connectivity index (χ3n) is 2.63. The number of halogens is 3. The molecule has 1 aromatic heterocycles. The van der Waals surface area contributed by atoms with Crippen LogP contribution >= 0.6 is 0 Å². The number of benzene rings is 1. The van der Waals surface area contributed by atoms with E-state index in [9.17, 15) is 18.0 Å². The Morgan fingerprint density at radius 2 is 1.75 bits per heavy atom. The normalized spacial score (nSPS) is 11.2. The summed E-state index contributed by atoms with van der Waals surface area (Å²) in [6.07, 6.45) is -4.07. The van der Waals surface area contributed by atoms with Crippen LogP contribution in [0.15, 0.2) is 36.4 Å². The summed E-state index contributed by atoms with van der Waals surface area (Å²) in [4.78, 5) is 14.7. The zero-order valence-corrected chi connectivity index (χ0v) is 10.4. The second-order valence-corrected chi connectivity index (χ2v) is 4.06. The molecule has 104 valence electrons. The van der Waals surface area contributed by atoms with Gasteiger partial charge in [0.05, 0.1) is 0 Å². The van der Waals surface area contributed by atoms with Crippen LogP contribution in [0.2, 0.25) is 0 Å². The number of carbonyl (C=O) groups is 1. The van der Waals surface area contributed by atoms with Crippen LogP contribution in [0, 0.1) is 6.92 Å². The maximum atomic E-state index is 12.0. The second kappa shape index (κ2) is 5.32. The Kier molecular flexibility index (Phi) is 3.74. The van der Waals surface area contributed by atoms with E-state index in [0.29, 0.717) is 23.2 Å². The van der Waals surface area contributed by atoms with Gasteiger partial charge in [0.2, 0.25) is 0 Å². The van der Waals surface area contributed by atoms with E-state index in [1.807, 2.05) is 0 Å². The first-order chi connectivity index (χ1) is 9.39. The number of nitrogens with zero attached hydrogens (tertiary/aromatic N) is 1. The average Bonchev–Trinajstić information content (AvgIpc) is 2.38. The third kappa shape index (κ3) is 3.34. The van der Waals surface area contributed by atoms with Crippen LogP contribution in [-0.2, 0) is 0 Å². The van der Waals surface area contributed by atoms with Crippen molar-refractivity contribution in [3.63, 3.8) is 0 Å². The van der Waals surface area contributed by atoms with Crippen LogP contribution in [0.1, 0.15) is 16.2 Å². The second-order valence-electron chi connectivity index (χ2n) is 4.06. The highest BCUT2D eigenvalue weighted by Gasteiger charge is 2.30. The number of hydrogen-bond acceptors (Lipinski definition) is 3. The van der Waals surface area contributed by atoms with E-state index >= 15 is 0 Å². The SMILES string of the molecule is Cc1nc(C=O)ccc1-c1ccc(OC(F)(F)F)cc1. The Morgan fingerprint density at radius 3 is 2.25 bits per heavy atom. The van der Waals surface area contributed by atoms with E-state index in [4.69, 9.17) is 0 Å². The lowest BCUT2D eigenvalue weighted by molar-refractivity contribution is -0.274. The maximum absolute atomic E-state index is 12.0. The lowest BCUT2D eigenvalue weighted by Crippen LogP contribution is -2.16. The summed E-state index contributed by atoms with van der Waals surface area (Å²) in [5.41, 5.74) is 2.37. The summed E-state index contributed by atoms with van der Waals surface area (Å²) in [5.74, 6) is -0.281. The molecule has 0 unspecified atom stereocenters. The molecule has 0 aliphatic carbocycles. The largest absolute Gasteiger partial charge is 0.573 e. The Morgan fingerprint density at radius 1 is 1.10 bits per heavy atom. The fourth-order valence-corrected chi connectivity index (χ4v) is 1.79. The van der Waals surface area contributed by atoms with Gasteiger partial charge in [0.15, 0.2) is 6.29 Å². The molecule has 2 aromatic rings. The Bertz CT molecular complexity index is 621. The average molecular weight is 281 g/mol. The van der Waals surface area contributed by atoms with Crippen molar-refractivity contribution in [2.45, 2.75) is 13.3 Å². The van der Waals surface area contributed by atoms with Crippen LogP contribution in [0.3, 0.4) is 0 Å². The standard InChI is InChI=1S/C14H10F3NO2/c1-9-13(7-4-11(8-19)18-9)10-2-5-12(6-3-10)20-14(15,16)17/h2-8H,1H3. The van der Waals surface area contributed by atoms with Crippen molar-refractivity contribution in [1.29, 1.82) is 0 Å². The summed E-state index contributed by atoms with van der Waals surface area (Å²) in [7, 11) is 0. The van der Waals surface area contributed by atoms with Crippen LogP contribution in [0.25, 0.3) is 11.1 Å². The van der Waals surface area contributed by atoms with Gasteiger partial charge in [-0.3, -0.25) is 4.79 Å². The zero-order valence-electron chi connectivity index (χ0n) is 10.4. The fraction of sp³-hybridized carbons (Fsp3) is 0.143. The third-order valence-corrected chi connectivity index (χ3v) is 2.63. The van der Waals surface area contributed by atoms with Gasteiger partial charge in [0, 0.05) is 11.3 Å². The lowest BCUT2D eigenvalue weighted by Gasteiger charge is -2.10. The molecule has 0 saturated heterocycles. The molecule has 1 heterocycles. The molecule has 0 saturated carbocycles. The molecule has 1 aromatic carbocycles. The van der Waals surface area contributed by atoms with Crippen molar-refractivity contribution < 1.29 is 22.7 Å². The molecule has 0 bridgehead atoms. The number of rotatable bonds is 3. The Balaban J connectivity index is 2.28. The Hall–Kier alpha value is -2.37. The maximum Gasteiger partial charge on any atom is 0.573 e. The van der Waals surface area contributed by atoms with E-state index in [2.05, 4.69) is 9.72 Å². The van der Waals surface area contributed by atoms with E-state index in [-0.39, 0.29) is 5.75 Å². The number of aryl methyl sites for hydroxylation is 1. The predicted octanol–water partition coefficient (Wildman–Crippen LogP) is 3.77. The first kappa shape index (κ1) is 14.0. The highest BCUT2D eigenvalue weighted by atomic mass is 19.4. The van der Waals surface area contributed by atoms with Gasteiger partial charge in [-0.05, 0) is 30.7 Å². The van der Waals surface area contributed by atoms with Gasteiger partial charge < -0.3 is 4.74 Å². The summed E-state index contributed by atoms with van der Waals surface area (Å²) in [5, 5.41) is 0. The highest BCUT2D eigenvalue weighted by Crippen LogP contribution is 2.27. The number of pyridine rings is 1. The molecule has 0 radical (unpaired) electrons. The molecule has 6 heteroatoms.